The number of benzene rings is 1. The van der Waals surface area contributed by atoms with E-state index in [2.05, 4.69) is 26.1 Å². The van der Waals surface area contributed by atoms with Crippen LogP contribution >= 0.6 is 11.6 Å². The zero-order valence-corrected chi connectivity index (χ0v) is 13.1. The predicted molar refractivity (Wildman–Crippen MR) is 82.7 cm³/mol. The van der Waals surface area contributed by atoms with E-state index in [0.717, 1.165) is 12.1 Å². The lowest BCUT2D eigenvalue weighted by molar-refractivity contribution is 0.301. The molecule has 2 N–H and O–H groups in total. The highest BCUT2D eigenvalue weighted by atomic mass is 35.5. The maximum absolute atomic E-state index is 9.74. The normalized spacial score (nSPS) is 11.8. The van der Waals surface area contributed by atoms with Crippen LogP contribution in [0.5, 0.6) is 5.75 Å². The molecule has 0 aromatic heterocycles. The number of nitrogens with one attached hydrogen (secondary N) is 1. The van der Waals surface area contributed by atoms with Crippen LogP contribution in [-0.2, 0) is 6.54 Å². The van der Waals surface area contributed by atoms with Crippen molar-refractivity contribution in [2.75, 3.05) is 6.54 Å². The summed E-state index contributed by atoms with van der Waals surface area (Å²) in [7, 11) is 0. The highest BCUT2D eigenvalue weighted by molar-refractivity contribution is 6.30. The fraction of sp³-hybridized carbons (Fsp3) is 0.625. The molecule has 0 heterocycles. The third-order valence-corrected chi connectivity index (χ3v) is 3.65. The molecule has 3 heteroatoms. The van der Waals surface area contributed by atoms with Crippen molar-refractivity contribution in [1.82, 2.24) is 5.32 Å². The van der Waals surface area contributed by atoms with Crippen molar-refractivity contribution in [3.05, 3.63) is 28.8 Å². The summed E-state index contributed by atoms with van der Waals surface area (Å²) in [6.45, 7) is 8.40. The van der Waals surface area contributed by atoms with Crippen LogP contribution in [0.3, 0.4) is 0 Å². The molecule has 0 saturated carbocycles. The SMILES string of the molecule is CCCCCC(C)(C)CNCc1cc(Cl)ccc1O. The fourth-order valence-electron chi connectivity index (χ4n) is 2.17. The van der Waals surface area contributed by atoms with Gasteiger partial charge in [-0.15, -0.1) is 0 Å². The molecule has 1 rings (SSSR count). The average Bonchev–Trinajstić information content (AvgIpc) is 2.33. The minimum absolute atomic E-state index is 0.295. The number of hydrogen-bond donors (Lipinski definition) is 2. The molecule has 1 aromatic rings. The minimum Gasteiger partial charge on any atom is -0.508 e. The van der Waals surface area contributed by atoms with Crippen LogP contribution in [-0.4, -0.2) is 11.7 Å². The van der Waals surface area contributed by atoms with E-state index in [1.807, 2.05) is 6.07 Å². The Hall–Kier alpha value is -0.730. The number of aromatic hydroxyl groups is 1. The lowest BCUT2D eigenvalue weighted by Crippen LogP contribution is -2.29. The molecule has 0 saturated heterocycles. The van der Waals surface area contributed by atoms with Gasteiger partial charge in [-0.1, -0.05) is 51.6 Å². The molecule has 2 nitrogen and oxygen atoms in total. The molecule has 0 bridgehead atoms. The van der Waals surface area contributed by atoms with Crippen LogP contribution in [0, 0.1) is 5.41 Å². The van der Waals surface area contributed by atoms with Gasteiger partial charge in [0.1, 0.15) is 5.75 Å². The summed E-state index contributed by atoms with van der Waals surface area (Å²) >= 11 is 5.93. The van der Waals surface area contributed by atoms with Gasteiger partial charge in [0.05, 0.1) is 0 Å². The van der Waals surface area contributed by atoms with E-state index >= 15 is 0 Å². The van der Waals surface area contributed by atoms with Gasteiger partial charge in [-0.3, -0.25) is 0 Å². The maximum atomic E-state index is 9.74. The first-order chi connectivity index (χ1) is 8.94. The molecule has 0 fully saturated rings. The van der Waals surface area contributed by atoms with Crippen molar-refractivity contribution in [1.29, 1.82) is 0 Å². The molecule has 0 spiro atoms. The second kappa shape index (κ2) is 7.76. The summed E-state index contributed by atoms with van der Waals surface area (Å²) in [5.74, 6) is 0.306. The van der Waals surface area contributed by atoms with Gasteiger partial charge >= 0.3 is 0 Å². The van der Waals surface area contributed by atoms with Crippen molar-refractivity contribution in [3.63, 3.8) is 0 Å². The Kier molecular flexibility index (Phi) is 6.67. The molecule has 0 atom stereocenters. The van der Waals surface area contributed by atoms with Crippen molar-refractivity contribution < 1.29 is 5.11 Å². The summed E-state index contributed by atoms with van der Waals surface area (Å²) in [6, 6.07) is 5.16. The summed E-state index contributed by atoms with van der Waals surface area (Å²) in [4.78, 5) is 0. The number of phenols is 1. The van der Waals surface area contributed by atoms with E-state index in [0.29, 0.717) is 22.7 Å². The number of phenolic OH excluding ortho intramolecular Hbond substituents is 1. The first kappa shape index (κ1) is 16.3. The molecule has 0 aliphatic heterocycles. The Balaban J connectivity index is 2.38. The number of unbranched alkanes of at least 4 members (excludes halogenated alkanes) is 2. The summed E-state index contributed by atoms with van der Waals surface area (Å²) in [5, 5.41) is 13.8. The zero-order valence-electron chi connectivity index (χ0n) is 12.3. The Morgan fingerprint density at radius 3 is 2.68 bits per heavy atom. The quantitative estimate of drug-likeness (QED) is 0.675. The summed E-state index contributed by atoms with van der Waals surface area (Å²) in [5.41, 5.74) is 1.15. The van der Waals surface area contributed by atoms with Crippen LogP contribution in [0.15, 0.2) is 18.2 Å². The first-order valence-corrected chi connectivity index (χ1v) is 7.50. The van der Waals surface area contributed by atoms with Gasteiger partial charge in [0.25, 0.3) is 0 Å². The van der Waals surface area contributed by atoms with Crippen LogP contribution in [0.4, 0.5) is 0 Å². The van der Waals surface area contributed by atoms with E-state index in [1.54, 1.807) is 12.1 Å². The van der Waals surface area contributed by atoms with Crippen LogP contribution in [0.2, 0.25) is 5.02 Å². The van der Waals surface area contributed by atoms with Crippen LogP contribution in [0.1, 0.15) is 52.0 Å². The second-order valence-electron chi connectivity index (χ2n) is 6.00. The van der Waals surface area contributed by atoms with Gasteiger partial charge in [-0.2, -0.15) is 0 Å². The molecule has 0 amide bonds. The van der Waals surface area contributed by atoms with E-state index in [4.69, 9.17) is 11.6 Å². The molecule has 19 heavy (non-hydrogen) atoms. The molecular formula is C16H26ClNO. The van der Waals surface area contributed by atoms with Gasteiger partial charge in [-0.25, -0.2) is 0 Å². The zero-order chi connectivity index (χ0) is 14.3. The van der Waals surface area contributed by atoms with Gasteiger partial charge in [0.2, 0.25) is 0 Å². The molecule has 0 aliphatic carbocycles. The standard InChI is InChI=1S/C16H26ClNO/c1-4-5-6-9-16(2,3)12-18-11-13-10-14(17)7-8-15(13)19/h7-8,10,18-19H,4-6,9,11-12H2,1-3H3. The summed E-state index contributed by atoms with van der Waals surface area (Å²) in [6.07, 6.45) is 5.08. The third-order valence-electron chi connectivity index (χ3n) is 3.42. The molecule has 1 aromatic carbocycles. The maximum Gasteiger partial charge on any atom is 0.120 e. The first-order valence-electron chi connectivity index (χ1n) is 7.13. The topological polar surface area (TPSA) is 32.3 Å². The number of rotatable bonds is 8. The lowest BCUT2D eigenvalue weighted by Gasteiger charge is -2.25. The van der Waals surface area contributed by atoms with E-state index in [9.17, 15) is 5.11 Å². The molecule has 0 radical (unpaired) electrons. The van der Waals surface area contributed by atoms with Crippen LogP contribution in [0.25, 0.3) is 0 Å². The van der Waals surface area contributed by atoms with Gasteiger partial charge < -0.3 is 10.4 Å². The average molecular weight is 284 g/mol. The summed E-state index contributed by atoms with van der Waals surface area (Å²) < 4.78 is 0. The number of hydrogen-bond acceptors (Lipinski definition) is 2. The van der Waals surface area contributed by atoms with Crippen molar-refractivity contribution >= 4 is 11.6 Å². The third kappa shape index (κ3) is 6.31. The smallest absolute Gasteiger partial charge is 0.120 e. The molecule has 0 aliphatic rings. The molecule has 0 unspecified atom stereocenters. The van der Waals surface area contributed by atoms with Crippen molar-refractivity contribution in [2.24, 2.45) is 5.41 Å². The van der Waals surface area contributed by atoms with E-state index < -0.39 is 0 Å². The highest BCUT2D eigenvalue weighted by Crippen LogP contribution is 2.24. The lowest BCUT2D eigenvalue weighted by atomic mass is 9.87. The second-order valence-corrected chi connectivity index (χ2v) is 6.43. The number of halogens is 1. The van der Waals surface area contributed by atoms with E-state index in [1.165, 1.54) is 25.7 Å². The minimum atomic E-state index is 0.295. The Bertz CT molecular complexity index is 390. The molecule has 108 valence electrons. The Labute approximate surface area is 122 Å². The van der Waals surface area contributed by atoms with Crippen molar-refractivity contribution in [2.45, 2.75) is 53.0 Å². The largest absolute Gasteiger partial charge is 0.508 e. The Morgan fingerprint density at radius 1 is 1.26 bits per heavy atom. The van der Waals surface area contributed by atoms with Crippen LogP contribution < -0.4 is 5.32 Å². The highest BCUT2D eigenvalue weighted by Gasteiger charge is 2.16. The van der Waals surface area contributed by atoms with Gasteiger partial charge in [0, 0.05) is 23.7 Å². The van der Waals surface area contributed by atoms with Gasteiger partial charge in [0.15, 0.2) is 0 Å². The predicted octanol–water partition coefficient (Wildman–Crippen LogP) is 4.74. The Morgan fingerprint density at radius 2 is 2.00 bits per heavy atom. The van der Waals surface area contributed by atoms with Gasteiger partial charge in [-0.05, 0) is 30.0 Å². The monoisotopic (exact) mass is 283 g/mol. The fourth-order valence-corrected chi connectivity index (χ4v) is 2.37. The van der Waals surface area contributed by atoms with E-state index in [-0.39, 0.29) is 0 Å². The molecular weight excluding hydrogens is 258 g/mol. The van der Waals surface area contributed by atoms with Crippen molar-refractivity contribution in [3.8, 4) is 5.75 Å².